The van der Waals surface area contributed by atoms with Gasteiger partial charge in [-0.25, -0.2) is 4.39 Å². The molecular formula is C25H26ClFN4O2. The highest BCUT2D eigenvalue weighted by molar-refractivity contribution is 5.87. The van der Waals surface area contributed by atoms with Gasteiger partial charge in [0.2, 0.25) is 0 Å². The van der Waals surface area contributed by atoms with Crippen LogP contribution in [0.2, 0.25) is 0 Å². The Morgan fingerprint density at radius 2 is 1.97 bits per heavy atom. The van der Waals surface area contributed by atoms with Gasteiger partial charge in [-0.2, -0.15) is 0 Å². The van der Waals surface area contributed by atoms with Crippen molar-refractivity contribution in [2.45, 2.75) is 26.0 Å². The topological polar surface area (TPSA) is 52.3 Å². The van der Waals surface area contributed by atoms with Crippen LogP contribution >= 0.6 is 12.4 Å². The van der Waals surface area contributed by atoms with Crippen molar-refractivity contribution in [3.63, 3.8) is 0 Å². The Bertz CT molecular complexity index is 1350. The van der Waals surface area contributed by atoms with E-state index in [0.717, 1.165) is 43.3 Å². The number of benzene rings is 1. The first-order chi connectivity index (χ1) is 15.5. The van der Waals surface area contributed by atoms with E-state index in [4.69, 9.17) is 4.74 Å². The van der Waals surface area contributed by atoms with Crippen molar-refractivity contribution in [3.05, 3.63) is 88.0 Å². The lowest BCUT2D eigenvalue weighted by Gasteiger charge is -2.13. The van der Waals surface area contributed by atoms with Gasteiger partial charge < -0.3 is 14.2 Å². The number of halogens is 2. The van der Waals surface area contributed by atoms with Crippen molar-refractivity contribution in [1.29, 1.82) is 0 Å². The van der Waals surface area contributed by atoms with E-state index in [1.807, 2.05) is 6.07 Å². The van der Waals surface area contributed by atoms with Crippen LogP contribution in [0.4, 0.5) is 4.39 Å². The molecule has 33 heavy (non-hydrogen) atoms. The number of pyridine rings is 2. The lowest BCUT2D eigenvalue weighted by Crippen LogP contribution is -2.17. The number of aromatic nitrogens is 3. The van der Waals surface area contributed by atoms with Gasteiger partial charge in [0.05, 0.1) is 23.1 Å². The number of rotatable bonds is 4. The molecule has 1 aliphatic rings. The van der Waals surface area contributed by atoms with Crippen LogP contribution in [0.5, 0.6) is 5.75 Å². The van der Waals surface area contributed by atoms with E-state index in [1.54, 1.807) is 22.9 Å². The molecule has 0 fully saturated rings. The third-order valence-electron chi connectivity index (χ3n) is 6.15. The third kappa shape index (κ3) is 4.51. The van der Waals surface area contributed by atoms with Gasteiger partial charge in [-0.1, -0.05) is 6.07 Å². The normalized spacial score (nSPS) is 13.9. The van der Waals surface area contributed by atoms with Crippen molar-refractivity contribution >= 4 is 23.3 Å². The number of hydrogen-bond acceptors (Lipinski definition) is 4. The molecule has 0 amide bonds. The van der Waals surface area contributed by atoms with Gasteiger partial charge in [0.25, 0.3) is 5.56 Å². The van der Waals surface area contributed by atoms with E-state index < -0.39 is 5.82 Å². The van der Waals surface area contributed by atoms with Crippen molar-refractivity contribution in [2.75, 3.05) is 13.6 Å². The highest BCUT2D eigenvalue weighted by atomic mass is 35.5. The zero-order valence-electron chi connectivity index (χ0n) is 18.6. The molecule has 0 saturated carbocycles. The molecule has 8 heteroatoms. The first-order valence-corrected chi connectivity index (χ1v) is 10.7. The van der Waals surface area contributed by atoms with E-state index in [0.29, 0.717) is 11.4 Å². The molecule has 1 aromatic carbocycles. The molecule has 172 valence electrons. The molecule has 0 N–H and O–H groups in total. The summed E-state index contributed by atoms with van der Waals surface area (Å²) in [6.07, 6.45) is 5.08. The summed E-state index contributed by atoms with van der Waals surface area (Å²) >= 11 is 0. The molecule has 0 unspecified atom stereocenters. The Labute approximate surface area is 197 Å². The summed E-state index contributed by atoms with van der Waals surface area (Å²) in [5.74, 6) is 0.0574. The maximum Gasteiger partial charge on any atom is 0.258 e. The Hall–Kier alpha value is -3.16. The van der Waals surface area contributed by atoms with Gasteiger partial charge in [-0.05, 0) is 62.3 Å². The predicted octanol–water partition coefficient (Wildman–Crippen LogP) is 4.24. The quantitative estimate of drug-likeness (QED) is 0.449. The minimum absolute atomic E-state index is 0. The Morgan fingerprint density at radius 1 is 1.12 bits per heavy atom. The summed E-state index contributed by atoms with van der Waals surface area (Å²) in [5.41, 5.74) is 5.14. The molecule has 4 heterocycles. The van der Waals surface area contributed by atoms with Crippen LogP contribution < -0.4 is 10.3 Å². The number of hydrogen-bond donors (Lipinski definition) is 0. The van der Waals surface area contributed by atoms with Gasteiger partial charge in [0, 0.05) is 36.9 Å². The summed E-state index contributed by atoms with van der Waals surface area (Å²) < 4.78 is 22.5. The zero-order chi connectivity index (χ0) is 22.2. The van der Waals surface area contributed by atoms with E-state index >= 15 is 0 Å². The maximum atomic E-state index is 13.0. The monoisotopic (exact) mass is 468 g/mol. The first-order valence-electron chi connectivity index (χ1n) is 10.7. The molecule has 1 aliphatic heterocycles. The van der Waals surface area contributed by atoms with Crippen LogP contribution in [-0.2, 0) is 26.6 Å². The molecule has 0 aliphatic carbocycles. The number of ether oxygens (including phenoxy) is 1. The summed E-state index contributed by atoms with van der Waals surface area (Å²) in [4.78, 5) is 19.1. The van der Waals surface area contributed by atoms with Gasteiger partial charge in [0.1, 0.15) is 18.2 Å². The molecule has 5 rings (SSSR count). The van der Waals surface area contributed by atoms with E-state index in [-0.39, 0.29) is 24.6 Å². The second-order valence-corrected chi connectivity index (χ2v) is 8.35. The molecule has 3 aromatic heterocycles. The van der Waals surface area contributed by atoms with Crippen molar-refractivity contribution in [3.8, 4) is 11.4 Å². The van der Waals surface area contributed by atoms with E-state index in [1.165, 1.54) is 28.8 Å². The lowest BCUT2D eigenvalue weighted by atomic mass is 10.1. The van der Waals surface area contributed by atoms with Gasteiger partial charge >= 0.3 is 0 Å². The Morgan fingerprint density at radius 3 is 2.73 bits per heavy atom. The van der Waals surface area contributed by atoms with Crippen LogP contribution in [0.15, 0.2) is 59.7 Å². The summed E-state index contributed by atoms with van der Waals surface area (Å²) in [5, 5.41) is 1.25. The summed E-state index contributed by atoms with van der Waals surface area (Å²) in [6.45, 7) is 2.22. The standard InChI is InChI=1S/C25H25FN4O2.ClH/c1-28-10-3-4-23-22(15-28)21-8-7-19(12-24(21)29(23)2)30-11-9-20(13-25(30)31)32-16-18-6-5-17(26)14-27-18;/h5-9,11-14H,3-4,10,15-16H2,1-2H3;1H. The van der Waals surface area contributed by atoms with E-state index in [9.17, 15) is 9.18 Å². The number of fused-ring (bicyclic) bond motifs is 3. The summed E-state index contributed by atoms with van der Waals surface area (Å²) in [6, 6.07) is 12.3. The Balaban J connectivity index is 0.00000259. The molecule has 0 spiro atoms. The van der Waals surface area contributed by atoms with Crippen LogP contribution in [-0.4, -0.2) is 32.6 Å². The minimum Gasteiger partial charge on any atom is -0.487 e. The minimum atomic E-state index is -0.394. The molecule has 0 saturated heterocycles. The average Bonchev–Trinajstić information content (AvgIpc) is 2.92. The largest absolute Gasteiger partial charge is 0.487 e. The molecular weight excluding hydrogens is 443 g/mol. The fourth-order valence-electron chi connectivity index (χ4n) is 4.48. The second kappa shape index (κ2) is 9.37. The molecule has 0 bridgehead atoms. The van der Waals surface area contributed by atoms with Crippen LogP contribution in [0.3, 0.4) is 0 Å². The zero-order valence-corrected chi connectivity index (χ0v) is 19.4. The maximum absolute atomic E-state index is 13.0. The van der Waals surface area contributed by atoms with Gasteiger partial charge in [0.15, 0.2) is 0 Å². The predicted molar refractivity (Wildman–Crippen MR) is 129 cm³/mol. The molecule has 6 nitrogen and oxygen atoms in total. The fourth-order valence-corrected chi connectivity index (χ4v) is 4.48. The van der Waals surface area contributed by atoms with Crippen LogP contribution in [0.25, 0.3) is 16.6 Å². The van der Waals surface area contributed by atoms with Gasteiger partial charge in [-0.3, -0.25) is 14.3 Å². The molecule has 0 atom stereocenters. The number of aryl methyl sites for hydroxylation is 1. The van der Waals surface area contributed by atoms with Crippen molar-refractivity contribution in [2.24, 2.45) is 7.05 Å². The smallest absolute Gasteiger partial charge is 0.258 e. The van der Waals surface area contributed by atoms with Gasteiger partial charge in [-0.15, -0.1) is 12.4 Å². The highest BCUT2D eigenvalue weighted by Gasteiger charge is 2.19. The van der Waals surface area contributed by atoms with Crippen molar-refractivity contribution in [1.82, 2.24) is 19.0 Å². The third-order valence-corrected chi connectivity index (χ3v) is 6.15. The second-order valence-electron chi connectivity index (χ2n) is 8.35. The first kappa shape index (κ1) is 23.0. The van der Waals surface area contributed by atoms with Crippen molar-refractivity contribution < 1.29 is 9.13 Å². The fraction of sp³-hybridized carbons (Fsp3) is 0.280. The average molecular weight is 469 g/mol. The lowest BCUT2D eigenvalue weighted by molar-refractivity contribution is 0.300. The van der Waals surface area contributed by atoms with Crippen LogP contribution in [0, 0.1) is 5.82 Å². The van der Waals surface area contributed by atoms with E-state index in [2.05, 4.69) is 40.7 Å². The Kier molecular flexibility index (Phi) is 6.54. The highest BCUT2D eigenvalue weighted by Crippen LogP contribution is 2.30. The molecule has 4 aromatic rings. The summed E-state index contributed by atoms with van der Waals surface area (Å²) in [7, 11) is 4.27. The van der Waals surface area contributed by atoms with Crippen LogP contribution in [0.1, 0.15) is 23.4 Å². The molecule has 0 radical (unpaired) electrons. The SMILES string of the molecule is CN1CCCc2c(c3ccc(-n4ccc(OCc5ccc(F)cn5)cc4=O)cc3n2C)C1.Cl. The number of nitrogens with zero attached hydrogens (tertiary/aromatic N) is 4.